The molecule has 1 fully saturated rings. The van der Waals surface area contributed by atoms with Crippen molar-refractivity contribution in [3.63, 3.8) is 0 Å². The summed E-state index contributed by atoms with van der Waals surface area (Å²) in [4.78, 5) is 15.7. The quantitative estimate of drug-likeness (QED) is 0.712. The number of aliphatic hydroxyl groups is 1. The van der Waals surface area contributed by atoms with Crippen molar-refractivity contribution < 1.29 is 14.6 Å². The van der Waals surface area contributed by atoms with Gasteiger partial charge in [-0.3, -0.25) is 4.79 Å². The van der Waals surface area contributed by atoms with E-state index in [4.69, 9.17) is 10.5 Å². The molecule has 0 atom stereocenters. The number of carbonyl (C=O) groups excluding carboxylic acids is 1. The maximum absolute atomic E-state index is 11.7. The number of amides is 1. The van der Waals surface area contributed by atoms with Gasteiger partial charge in [0.1, 0.15) is 0 Å². The third-order valence-corrected chi connectivity index (χ3v) is 3.67. The molecule has 1 aromatic rings. The number of hydrogen-bond acceptors (Lipinski definition) is 6. The zero-order valence-electron chi connectivity index (χ0n) is 10.0. The Morgan fingerprint density at radius 3 is 2.94 bits per heavy atom. The van der Waals surface area contributed by atoms with E-state index in [9.17, 15) is 9.90 Å². The van der Waals surface area contributed by atoms with E-state index in [-0.39, 0.29) is 18.9 Å². The Kier molecular flexibility index (Phi) is 4.15. The summed E-state index contributed by atoms with van der Waals surface area (Å²) in [5.74, 6) is -0.153. The molecule has 6 nitrogen and oxygen atoms in total. The Bertz CT molecular complexity index is 415. The van der Waals surface area contributed by atoms with Gasteiger partial charge in [-0.1, -0.05) is 0 Å². The molecule has 0 aliphatic carbocycles. The van der Waals surface area contributed by atoms with Crippen LogP contribution in [0.4, 0.5) is 5.13 Å². The molecule has 0 spiro atoms. The Hall–Kier alpha value is -1.18. The number of anilines is 1. The van der Waals surface area contributed by atoms with Gasteiger partial charge in [-0.2, -0.15) is 0 Å². The van der Waals surface area contributed by atoms with Crippen LogP contribution in [0.25, 0.3) is 0 Å². The minimum atomic E-state index is -0.838. The van der Waals surface area contributed by atoms with Crippen LogP contribution < -0.4 is 11.1 Å². The van der Waals surface area contributed by atoms with Crippen molar-refractivity contribution in [3.05, 3.63) is 11.1 Å². The number of nitrogens with two attached hydrogens (primary N) is 1. The molecule has 1 amide bonds. The highest BCUT2D eigenvalue weighted by Crippen LogP contribution is 2.19. The second kappa shape index (κ2) is 5.64. The molecule has 1 aliphatic rings. The summed E-state index contributed by atoms with van der Waals surface area (Å²) >= 11 is 1.31. The molecule has 0 saturated carbocycles. The molecular weight excluding hydrogens is 254 g/mol. The number of ether oxygens (including phenoxy) is 1. The van der Waals surface area contributed by atoms with Crippen molar-refractivity contribution in [2.24, 2.45) is 0 Å². The molecule has 0 unspecified atom stereocenters. The molecular formula is C11H17N3O3S. The number of thiazole rings is 1. The molecule has 1 saturated heterocycles. The van der Waals surface area contributed by atoms with Gasteiger partial charge in [-0.15, -0.1) is 11.3 Å². The Balaban J connectivity index is 1.77. The molecule has 0 radical (unpaired) electrons. The molecule has 7 heteroatoms. The van der Waals surface area contributed by atoms with Gasteiger partial charge in [0.2, 0.25) is 5.91 Å². The fourth-order valence-electron chi connectivity index (χ4n) is 1.82. The lowest BCUT2D eigenvalue weighted by Gasteiger charge is -2.32. The largest absolute Gasteiger partial charge is 0.388 e. The van der Waals surface area contributed by atoms with E-state index >= 15 is 0 Å². The normalized spacial score (nSPS) is 18.5. The maximum Gasteiger partial charge on any atom is 0.226 e. The highest BCUT2D eigenvalue weighted by atomic mass is 32.1. The van der Waals surface area contributed by atoms with E-state index in [0.717, 1.165) is 0 Å². The minimum absolute atomic E-state index is 0.153. The van der Waals surface area contributed by atoms with Gasteiger partial charge >= 0.3 is 0 Å². The number of nitrogens with one attached hydrogen (secondary N) is 1. The van der Waals surface area contributed by atoms with Gasteiger partial charge in [0, 0.05) is 38.0 Å². The first-order chi connectivity index (χ1) is 8.57. The highest BCUT2D eigenvalue weighted by Gasteiger charge is 2.30. The van der Waals surface area contributed by atoms with Crippen LogP contribution in [0, 0.1) is 0 Å². The SMILES string of the molecule is Nc1nc(CC(=O)NCC2(O)CCOCC2)cs1. The maximum atomic E-state index is 11.7. The third-order valence-electron chi connectivity index (χ3n) is 2.95. The summed E-state index contributed by atoms with van der Waals surface area (Å²) in [5, 5.41) is 15.1. The number of rotatable bonds is 4. The number of aromatic nitrogens is 1. The second-order valence-corrected chi connectivity index (χ2v) is 5.36. The minimum Gasteiger partial charge on any atom is -0.388 e. The summed E-state index contributed by atoms with van der Waals surface area (Å²) in [6, 6.07) is 0. The van der Waals surface area contributed by atoms with Crippen LogP contribution in [0.15, 0.2) is 5.38 Å². The molecule has 2 rings (SSSR count). The standard InChI is InChI=1S/C11H17N3O3S/c12-10-14-8(6-18-10)5-9(15)13-7-11(16)1-3-17-4-2-11/h6,16H,1-5,7H2,(H2,12,14)(H,13,15). The molecule has 2 heterocycles. The number of nitrogen functional groups attached to an aromatic ring is 1. The van der Waals surface area contributed by atoms with E-state index in [1.54, 1.807) is 5.38 Å². The summed E-state index contributed by atoms with van der Waals surface area (Å²) in [6.45, 7) is 1.33. The predicted molar refractivity (Wildman–Crippen MR) is 68.2 cm³/mol. The van der Waals surface area contributed by atoms with Crippen LogP contribution >= 0.6 is 11.3 Å². The first-order valence-electron chi connectivity index (χ1n) is 5.84. The van der Waals surface area contributed by atoms with E-state index < -0.39 is 5.60 Å². The third kappa shape index (κ3) is 3.66. The van der Waals surface area contributed by atoms with Crippen molar-refractivity contribution in [2.45, 2.75) is 24.9 Å². The second-order valence-electron chi connectivity index (χ2n) is 4.47. The van der Waals surface area contributed by atoms with Crippen LogP contribution in [0.1, 0.15) is 18.5 Å². The van der Waals surface area contributed by atoms with Crippen molar-refractivity contribution in [1.82, 2.24) is 10.3 Å². The molecule has 18 heavy (non-hydrogen) atoms. The van der Waals surface area contributed by atoms with Crippen molar-refractivity contribution in [3.8, 4) is 0 Å². The topological polar surface area (TPSA) is 97.5 Å². The van der Waals surface area contributed by atoms with Gasteiger partial charge in [-0.05, 0) is 0 Å². The average molecular weight is 271 g/mol. The van der Waals surface area contributed by atoms with Crippen molar-refractivity contribution in [1.29, 1.82) is 0 Å². The molecule has 1 aromatic heterocycles. The van der Waals surface area contributed by atoms with Crippen LogP contribution in [-0.4, -0.2) is 41.4 Å². The van der Waals surface area contributed by atoms with Gasteiger partial charge in [0.15, 0.2) is 5.13 Å². The van der Waals surface area contributed by atoms with E-state index in [1.807, 2.05) is 0 Å². The zero-order chi connectivity index (χ0) is 13.0. The van der Waals surface area contributed by atoms with Gasteiger partial charge in [-0.25, -0.2) is 4.98 Å². The fraction of sp³-hybridized carbons (Fsp3) is 0.636. The lowest BCUT2D eigenvalue weighted by Crippen LogP contribution is -2.46. The van der Waals surface area contributed by atoms with Crippen molar-refractivity contribution >= 4 is 22.4 Å². The van der Waals surface area contributed by atoms with Crippen LogP contribution in [0.2, 0.25) is 0 Å². The molecule has 1 aliphatic heterocycles. The zero-order valence-corrected chi connectivity index (χ0v) is 10.8. The first kappa shape index (κ1) is 13.3. The first-order valence-corrected chi connectivity index (χ1v) is 6.72. The van der Waals surface area contributed by atoms with Crippen LogP contribution in [0.3, 0.4) is 0 Å². The van der Waals surface area contributed by atoms with E-state index in [1.165, 1.54) is 11.3 Å². The summed E-state index contributed by atoms with van der Waals surface area (Å²) in [6.07, 6.45) is 1.30. The number of carbonyl (C=O) groups is 1. The summed E-state index contributed by atoms with van der Waals surface area (Å²) in [5.41, 5.74) is 5.31. The van der Waals surface area contributed by atoms with E-state index in [2.05, 4.69) is 10.3 Å². The Morgan fingerprint density at radius 1 is 1.61 bits per heavy atom. The Labute approximate surface area is 109 Å². The molecule has 100 valence electrons. The average Bonchev–Trinajstić information content (AvgIpc) is 2.73. The smallest absolute Gasteiger partial charge is 0.226 e. The fourth-order valence-corrected chi connectivity index (χ4v) is 2.38. The van der Waals surface area contributed by atoms with Gasteiger partial charge in [0.25, 0.3) is 0 Å². The van der Waals surface area contributed by atoms with Crippen LogP contribution in [0.5, 0.6) is 0 Å². The lowest BCUT2D eigenvalue weighted by molar-refractivity contribution is -0.123. The van der Waals surface area contributed by atoms with Gasteiger partial charge in [0.05, 0.1) is 17.7 Å². The summed E-state index contributed by atoms with van der Waals surface area (Å²) in [7, 11) is 0. The molecule has 4 N–H and O–H groups in total. The highest BCUT2D eigenvalue weighted by molar-refractivity contribution is 7.13. The number of hydrogen-bond donors (Lipinski definition) is 3. The Morgan fingerprint density at radius 2 is 2.33 bits per heavy atom. The van der Waals surface area contributed by atoms with Gasteiger partial charge < -0.3 is 20.9 Å². The number of nitrogens with zero attached hydrogens (tertiary/aromatic N) is 1. The summed E-state index contributed by atoms with van der Waals surface area (Å²) < 4.78 is 5.17. The molecule has 0 aromatic carbocycles. The van der Waals surface area contributed by atoms with Crippen LogP contribution in [-0.2, 0) is 16.0 Å². The monoisotopic (exact) mass is 271 g/mol. The van der Waals surface area contributed by atoms with E-state index in [0.29, 0.717) is 36.9 Å². The van der Waals surface area contributed by atoms with Crippen molar-refractivity contribution in [2.75, 3.05) is 25.5 Å². The molecule has 0 bridgehead atoms. The predicted octanol–water partition coefficient (Wildman–Crippen LogP) is -0.0745. The lowest BCUT2D eigenvalue weighted by atomic mass is 9.94.